The van der Waals surface area contributed by atoms with Gasteiger partial charge < -0.3 is 5.32 Å². The Balaban J connectivity index is 1.83. The maximum absolute atomic E-state index is 12.5. The summed E-state index contributed by atoms with van der Waals surface area (Å²) in [6.45, 7) is 2.76. The molecule has 1 nitrogen and oxygen atoms in total. The SMILES string of the molecule is CC(Cc1ccc(Cl)cc1)NCc1ccc(C(F)F)cc1. The summed E-state index contributed by atoms with van der Waals surface area (Å²) >= 11 is 5.86. The molecule has 1 N–H and O–H groups in total. The van der Waals surface area contributed by atoms with Crippen molar-refractivity contribution in [2.24, 2.45) is 0 Å². The highest BCUT2D eigenvalue weighted by Gasteiger charge is 2.07. The maximum atomic E-state index is 12.5. The molecule has 0 radical (unpaired) electrons. The summed E-state index contributed by atoms with van der Waals surface area (Å²) in [4.78, 5) is 0. The van der Waals surface area contributed by atoms with Gasteiger partial charge in [-0.1, -0.05) is 48.0 Å². The van der Waals surface area contributed by atoms with Crippen LogP contribution in [0.4, 0.5) is 8.78 Å². The smallest absolute Gasteiger partial charge is 0.263 e. The van der Waals surface area contributed by atoms with Crippen LogP contribution in [0.15, 0.2) is 48.5 Å². The minimum absolute atomic E-state index is 0.0629. The third-order valence-electron chi connectivity index (χ3n) is 3.34. The van der Waals surface area contributed by atoms with Crippen LogP contribution in [0.5, 0.6) is 0 Å². The van der Waals surface area contributed by atoms with E-state index in [1.165, 1.54) is 17.7 Å². The zero-order valence-corrected chi connectivity index (χ0v) is 12.6. The van der Waals surface area contributed by atoms with Crippen LogP contribution in [0.2, 0.25) is 5.02 Å². The van der Waals surface area contributed by atoms with E-state index in [1.807, 2.05) is 24.3 Å². The first-order chi connectivity index (χ1) is 10.0. The summed E-state index contributed by atoms with van der Waals surface area (Å²) in [5, 5.41) is 4.12. The summed E-state index contributed by atoms with van der Waals surface area (Å²) < 4.78 is 24.9. The lowest BCUT2D eigenvalue weighted by Crippen LogP contribution is -2.27. The third kappa shape index (κ3) is 5.10. The van der Waals surface area contributed by atoms with Crippen molar-refractivity contribution in [2.45, 2.75) is 32.4 Å². The van der Waals surface area contributed by atoms with Crippen molar-refractivity contribution in [3.63, 3.8) is 0 Å². The van der Waals surface area contributed by atoms with Crippen molar-refractivity contribution >= 4 is 11.6 Å². The lowest BCUT2D eigenvalue weighted by Gasteiger charge is -2.14. The second kappa shape index (κ2) is 7.53. The molecule has 0 amide bonds. The molecule has 0 bridgehead atoms. The van der Waals surface area contributed by atoms with Crippen LogP contribution in [0, 0.1) is 0 Å². The van der Waals surface area contributed by atoms with Crippen LogP contribution < -0.4 is 5.32 Å². The van der Waals surface area contributed by atoms with Gasteiger partial charge in [-0.05, 0) is 36.6 Å². The molecule has 112 valence electrons. The van der Waals surface area contributed by atoms with E-state index in [0.29, 0.717) is 12.6 Å². The van der Waals surface area contributed by atoms with Gasteiger partial charge in [0.05, 0.1) is 0 Å². The molecule has 0 aliphatic rings. The quantitative estimate of drug-likeness (QED) is 0.792. The van der Waals surface area contributed by atoms with Gasteiger partial charge >= 0.3 is 0 Å². The van der Waals surface area contributed by atoms with Crippen LogP contribution in [-0.2, 0) is 13.0 Å². The molecule has 0 spiro atoms. The Hall–Kier alpha value is -1.45. The zero-order chi connectivity index (χ0) is 15.2. The highest BCUT2D eigenvalue weighted by atomic mass is 35.5. The monoisotopic (exact) mass is 309 g/mol. The van der Waals surface area contributed by atoms with E-state index in [9.17, 15) is 8.78 Å². The van der Waals surface area contributed by atoms with Crippen LogP contribution >= 0.6 is 11.6 Å². The molecule has 1 unspecified atom stereocenters. The van der Waals surface area contributed by atoms with Gasteiger partial charge in [0.1, 0.15) is 0 Å². The number of benzene rings is 2. The molecule has 0 aliphatic heterocycles. The number of hydrogen-bond donors (Lipinski definition) is 1. The minimum Gasteiger partial charge on any atom is -0.310 e. The molecule has 1 atom stereocenters. The second-order valence-corrected chi connectivity index (χ2v) is 5.59. The first-order valence-corrected chi connectivity index (χ1v) is 7.27. The molecule has 2 aromatic carbocycles. The molecular formula is C17H18ClF2N. The lowest BCUT2D eigenvalue weighted by molar-refractivity contribution is 0.151. The van der Waals surface area contributed by atoms with Crippen molar-refractivity contribution in [3.05, 3.63) is 70.2 Å². The molecule has 2 rings (SSSR count). The topological polar surface area (TPSA) is 12.0 Å². The van der Waals surface area contributed by atoms with E-state index >= 15 is 0 Å². The molecule has 0 heterocycles. The molecule has 0 aromatic heterocycles. The van der Waals surface area contributed by atoms with Crippen LogP contribution in [0.1, 0.15) is 30.0 Å². The molecule has 0 fully saturated rings. The van der Waals surface area contributed by atoms with Gasteiger partial charge in [-0.3, -0.25) is 0 Å². The standard InChI is InChI=1S/C17H18ClF2N/c1-12(10-13-4-8-16(18)9-5-13)21-11-14-2-6-15(7-3-14)17(19)20/h2-9,12,17,21H,10-11H2,1H3. The second-order valence-electron chi connectivity index (χ2n) is 5.15. The van der Waals surface area contributed by atoms with Gasteiger partial charge in [0.25, 0.3) is 6.43 Å². The van der Waals surface area contributed by atoms with Gasteiger partial charge in [-0.25, -0.2) is 8.78 Å². The predicted molar refractivity (Wildman–Crippen MR) is 82.9 cm³/mol. The van der Waals surface area contributed by atoms with E-state index in [0.717, 1.165) is 17.0 Å². The fraction of sp³-hybridized carbons (Fsp3) is 0.294. The lowest BCUT2D eigenvalue weighted by atomic mass is 10.1. The number of halogens is 3. The van der Waals surface area contributed by atoms with E-state index in [2.05, 4.69) is 12.2 Å². The largest absolute Gasteiger partial charge is 0.310 e. The van der Waals surface area contributed by atoms with E-state index in [1.54, 1.807) is 12.1 Å². The Bertz CT molecular complexity index is 552. The van der Waals surface area contributed by atoms with Crippen LogP contribution in [0.3, 0.4) is 0 Å². The summed E-state index contributed by atoms with van der Waals surface area (Å²) in [5.41, 5.74) is 2.28. The van der Waals surface area contributed by atoms with Crippen LogP contribution in [-0.4, -0.2) is 6.04 Å². The summed E-state index contributed by atoms with van der Waals surface area (Å²) in [5.74, 6) is 0. The van der Waals surface area contributed by atoms with Crippen molar-refractivity contribution in [1.29, 1.82) is 0 Å². The van der Waals surface area contributed by atoms with Gasteiger partial charge in [0.15, 0.2) is 0 Å². The van der Waals surface area contributed by atoms with Crippen molar-refractivity contribution in [2.75, 3.05) is 0 Å². The molecule has 21 heavy (non-hydrogen) atoms. The van der Waals surface area contributed by atoms with Crippen LogP contribution in [0.25, 0.3) is 0 Å². The van der Waals surface area contributed by atoms with E-state index < -0.39 is 6.43 Å². The van der Waals surface area contributed by atoms with Gasteiger partial charge in [0.2, 0.25) is 0 Å². The molecule has 2 aromatic rings. The first-order valence-electron chi connectivity index (χ1n) is 6.89. The van der Waals surface area contributed by atoms with E-state index in [4.69, 9.17) is 11.6 Å². The van der Waals surface area contributed by atoms with Crippen molar-refractivity contribution in [1.82, 2.24) is 5.32 Å². The third-order valence-corrected chi connectivity index (χ3v) is 3.59. The fourth-order valence-electron chi connectivity index (χ4n) is 2.12. The van der Waals surface area contributed by atoms with Crippen molar-refractivity contribution in [3.8, 4) is 0 Å². The van der Waals surface area contributed by atoms with E-state index in [-0.39, 0.29) is 5.56 Å². The minimum atomic E-state index is -2.41. The molecule has 4 heteroatoms. The predicted octanol–water partition coefficient (Wildman–Crippen LogP) is 5.00. The first kappa shape index (κ1) is 15.9. The molecule has 0 saturated heterocycles. The summed E-state index contributed by atoms with van der Waals surface area (Å²) in [6, 6.07) is 14.5. The Morgan fingerprint density at radius 1 is 0.952 bits per heavy atom. The number of hydrogen-bond acceptors (Lipinski definition) is 1. The number of alkyl halides is 2. The normalized spacial score (nSPS) is 12.6. The number of rotatable bonds is 6. The summed E-state index contributed by atoms with van der Waals surface area (Å²) in [6.07, 6.45) is -1.51. The van der Waals surface area contributed by atoms with Crippen molar-refractivity contribution < 1.29 is 8.78 Å². The maximum Gasteiger partial charge on any atom is 0.263 e. The Kier molecular flexibility index (Phi) is 5.71. The fourth-order valence-corrected chi connectivity index (χ4v) is 2.25. The average molecular weight is 310 g/mol. The summed E-state index contributed by atoms with van der Waals surface area (Å²) in [7, 11) is 0. The van der Waals surface area contributed by atoms with Gasteiger partial charge in [0, 0.05) is 23.2 Å². The zero-order valence-electron chi connectivity index (χ0n) is 11.8. The Morgan fingerprint density at radius 2 is 1.52 bits per heavy atom. The van der Waals surface area contributed by atoms with Gasteiger partial charge in [-0.2, -0.15) is 0 Å². The highest BCUT2D eigenvalue weighted by Crippen LogP contribution is 2.18. The highest BCUT2D eigenvalue weighted by molar-refractivity contribution is 6.30. The number of nitrogens with one attached hydrogen (secondary N) is 1. The Labute approximate surface area is 128 Å². The molecule has 0 saturated carbocycles. The average Bonchev–Trinajstić information content (AvgIpc) is 2.48. The molecular weight excluding hydrogens is 292 g/mol. The molecule has 0 aliphatic carbocycles. The Morgan fingerprint density at radius 3 is 2.10 bits per heavy atom. The van der Waals surface area contributed by atoms with Gasteiger partial charge in [-0.15, -0.1) is 0 Å².